The lowest BCUT2D eigenvalue weighted by Crippen LogP contribution is -2.10. The van der Waals surface area contributed by atoms with Crippen LogP contribution in [0.5, 0.6) is 0 Å². The predicted molar refractivity (Wildman–Crippen MR) is 57.0 cm³/mol. The average Bonchev–Trinajstić information content (AvgIpc) is 2.26. The van der Waals surface area contributed by atoms with Crippen molar-refractivity contribution in [2.24, 2.45) is 11.8 Å². The molecule has 0 saturated heterocycles. The second kappa shape index (κ2) is 10.2. The second-order valence-electron chi connectivity index (χ2n) is 3.35. The van der Waals surface area contributed by atoms with Gasteiger partial charge < -0.3 is 9.53 Å². The van der Waals surface area contributed by atoms with Crippen molar-refractivity contribution in [1.29, 1.82) is 0 Å². The van der Waals surface area contributed by atoms with Gasteiger partial charge in [-0.2, -0.15) is 0 Å². The van der Waals surface area contributed by atoms with Crippen LogP contribution in [0.4, 0.5) is 0 Å². The SMILES string of the molecule is CC[C@@H](C)C(=O)OC.CC[C@@H](C)C=O. The number of hydrogen-bond donors (Lipinski definition) is 0. The largest absolute Gasteiger partial charge is 0.469 e. The summed E-state index contributed by atoms with van der Waals surface area (Å²) in [6.45, 7) is 7.72. The van der Waals surface area contributed by atoms with Gasteiger partial charge in [-0.3, -0.25) is 4.79 Å². The van der Waals surface area contributed by atoms with Gasteiger partial charge >= 0.3 is 5.97 Å². The highest BCUT2D eigenvalue weighted by molar-refractivity contribution is 5.71. The van der Waals surface area contributed by atoms with Gasteiger partial charge in [-0.15, -0.1) is 0 Å². The fourth-order valence-corrected chi connectivity index (χ4v) is 0.464. The Labute approximate surface area is 86.8 Å². The van der Waals surface area contributed by atoms with E-state index in [4.69, 9.17) is 0 Å². The molecule has 0 aliphatic heterocycles. The van der Waals surface area contributed by atoms with E-state index < -0.39 is 0 Å². The van der Waals surface area contributed by atoms with E-state index in [0.717, 1.165) is 19.1 Å². The quantitative estimate of drug-likeness (QED) is 0.519. The normalized spacial score (nSPS) is 13.2. The molecule has 0 amide bonds. The van der Waals surface area contributed by atoms with E-state index in [-0.39, 0.29) is 17.8 Å². The Morgan fingerprint density at radius 2 is 1.79 bits per heavy atom. The van der Waals surface area contributed by atoms with Crippen LogP contribution >= 0.6 is 0 Å². The first-order valence-corrected chi connectivity index (χ1v) is 5.06. The molecule has 0 rings (SSSR count). The van der Waals surface area contributed by atoms with Crippen molar-refractivity contribution < 1.29 is 14.3 Å². The first kappa shape index (κ1) is 15.6. The summed E-state index contributed by atoms with van der Waals surface area (Å²) in [5, 5.41) is 0. The molecule has 0 fully saturated rings. The Balaban J connectivity index is 0. The summed E-state index contributed by atoms with van der Waals surface area (Å²) in [5.74, 6) is 0.192. The summed E-state index contributed by atoms with van der Waals surface area (Å²) in [4.78, 5) is 20.3. The maximum Gasteiger partial charge on any atom is 0.308 e. The number of hydrogen-bond acceptors (Lipinski definition) is 3. The van der Waals surface area contributed by atoms with E-state index in [2.05, 4.69) is 4.74 Å². The molecule has 0 aromatic carbocycles. The van der Waals surface area contributed by atoms with Crippen LogP contribution in [-0.2, 0) is 14.3 Å². The Kier molecular flexibility index (Phi) is 11.4. The van der Waals surface area contributed by atoms with Crippen molar-refractivity contribution in [2.75, 3.05) is 7.11 Å². The zero-order valence-electron chi connectivity index (χ0n) is 9.87. The number of methoxy groups -OCH3 is 1. The van der Waals surface area contributed by atoms with Gasteiger partial charge in [0.1, 0.15) is 6.29 Å². The molecule has 84 valence electrons. The Bertz CT molecular complexity index is 155. The van der Waals surface area contributed by atoms with Gasteiger partial charge in [-0.25, -0.2) is 0 Å². The lowest BCUT2D eigenvalue weighted by atomic mass is 10.1. The van der Waals surface area contributed by atoms with Crippen molar-refractivity contribution in [1.82, 2.24) is 0 Å². The molecule has 0 heterocycles. The number of ether oxygens (including phenoxy) is 1. The summed E-state index contributed by atoms with van der Waals surface area (Å²) in [7, 11) is 1.41. The molecule has 0 aromatic rings. The molecule has 0 saturated carbocycles. The number of aldehydes is 1. The third-order valence-electron chi connectivity index (χ3n) is 2.09. The lowest BCUT2D eigenvalue weighted by Gasteiger charge is -2.02. The minimum Gasteiger partial charge on any atom is -0.469 e. The molecule has 0 aliphatic rings. The smallest absolute Gasteiger partial charge is 0.308 e. The molecule has 3 heteroatoms. The summed E-state index contributed by atoms with van der Waals surface area (Å²) < 4.78 is 4.46. The Morgan fingerprint density at radius 3 is 1.86 bits per heavy atom. The average molecular weight is 202 g/mol. The molecule has 0 radical (unpaired) electrons. The molecule has 0 unspecified atom stereocenters. The summed E-state index contributed by atoms with van der Waals surface area (Å²) in [6, 6.07) is 0. The highest BCUT2D eigenvalue weighted by atomic mass is 16.5. The summed E-state index contributed by atoms with van der Waals surface area (Å²) in [5.41, 5.74) is 0. The van der Waals surface area contributed by atoms with Crippen LogP contribution in [0.2, 0.25) is 0 Å². The zero-order valence-corrected chi connectivity index (χ0v) is 9.87. The highest BCUT2D eigenvalue weighted by Crippen LogP contribution is 2.00. The van der Waals surface area contributed by atoms with Gasteiger partial charge in [-0.1, -0.05) is 27.7 Å². The lowest BCUT2D eigenvalue weighted by molar-refractivity contribution is -0.144. The minimum atomic E-state index is -0.118. The first-order chi connectivity index (χ1) is 6.53. The Morgan fingerprint density at radius 1 is 1.29 bits per heavy atom. The van der Waals surface area contributed by atoms with Gasteiger partial charge in [0, 0.05) is 5.92 Å². The van der Waals surface area contributed by atoms with Crippen LogP contribution in [0.1, 0.15) is 40.5 Å². The molecule has 14 heavy (non-hydrogen) atoms. The van der Waals surface area contributed by atoms with Crippen LogP contribution in [-0.4, -0.2) is 19.4 Å². The van der Waals surface area contributed by atoms with E-state index in [0.29, 0.717) is 0 Å². The molecule has 3 nitrogen and oxygen atoms in total. The summed E-state index contributed by atoms with van der Waals surface area (Å²) in [6.07, 6.45) is 2.79. The number of rotatable bonds is 4. The van der Waals surface area contributed by atoms with E-state index >= 15 is 0 Å². The number of carbonyl (C=O) groups is 2. The van der Waals surface area contributed by atoms with Crippen molar-refractivity contribution in [3.05, 3.63) is 0 Å². The van der Waals surface area contributed by atoms with E-state index in [1.54, 1.807) is 0 Å². The molecule has 2 atom stereocenters. The van der Waals surface area contributed by atoms with Crippen molar-refractivity contribution in [3.8, 4) is 0 Å². The van der Waals surface area contributed by atoms with Crippen LogP contribution in [0, 0.1) is 11.8 Å². The van der Waals surface area contributed by atoms with Crippen LogP contribution in [0.3, 0.4) is 0 Å². The summed E-state index contributed by atoms with van der Waals surface area (Å²) >= 11 is 0. The van der Waals surface area contributed by atoms with E-state index in [1.807, 2.05) is 27.7 Å². The monoisotopic (exact) mass is 202 g/mol. The van der Waals surface area contributed by atoms with Gasteiger partial charge in [0.05, 0.1) is 13.0 Å². The first-order valence-electron chi connectivity index (χ1n) is 5.06. The standard InChI is InChI=1S/C6H12O2.C5H10O/c1-4-5(2)6(7)8-3;1-3-5(2)4-6/h5H,4H2,1-3H3;4-5H,3H2,1-2H3/t2*5-/m11/s1. The van der Waals surface area contributed by atoms with Crippen molar-refractivity contribution in [2.45, 2.75) is 40.5 Å². The predicted octanol–water partition coefficient (Wildman–Crippen LogP) is 2.44. The third-order valence-corrected chi connectivity index (χ3v) is 2.09. The fourth-order valence-electron chi connectivity index (χ4n) is 0.464. The molecule has 0 bridgehead atoms. The van der Waals surface area contributed by atoms with E-state index in [1.165, 1.54) is 7.11 Å². The van der Waals surface area contributed by atoms with Crippen LogP contribution < -0.4 is 0 Å². The van der Waals surface area contributed by atoms with Crippen molar-refractivity contribution >= 4 is 12.3 Å². The van der Waals surface area contributed by atoms with Gasteiger partial charge in [0.25, 0.3) is 0 Å². The molecule has 0 aromatic heterocycles. The third kappa shape index (κ3) is 9.23. The molecular weight excluding hydrogens is 180 g/mol. The van der Waals surface area contributed by atoms with Gasteiger partial charge in [-0.05, 0) is 12.8 Å². The molecular formula is C11H22O3. The molecule has 0 aliphatic carbocycles. The van der Waals surface area contributed by atoms with Crippen LogP contribution in [0.25, 0.3) is 0 Å². The van der Waals surface area contributed by atoms with Gasteiger partial charge in [0.2, 0.25) is 0 Å². The Hall–Kier alpha value is -0.860. The van der Waals surface area contributed by atoms with Crippen molar-refractivity contribution in [3.63, 3.8) is 0 Å². The maximum atomic E-state index is 10.5. The molecule has 0 spiro atoms. The number of carbonyl (C=O) groups excluding carboxylic acids is 2. The fraction of sp³-hybridized carbons (Fsp3) is 0.818. The van der Waals surface area contributed by atoms with Gasteiger partial charge in [0.15, 0.2) is 0 Å². The van der Waals surface area contributed by atoms with E-state index in [9.17, 15) is 9.59 Å². The topological polar surface area (TPSA) is 43.4 Å². The molecule has 0 N–H and O–H groups in total. The minimum absolute atomic E-state index is 0.0556. The maximum absolute atomic E-state index is 10.5. The van der Waals surface area contributed by atoms with Crippen LogP contribution in [0.15, 0.2) is 0 Å². The second-order valence-corrected chi connectivity index (χ2v) is 3.35. The number of esters is 1. The highest BCUT2D eigenvalue weighted by Gasteiger charge is 2.08. The zero-order chi connectivity index (χ0) is 11.6.